The van der Waals surface area contributed by atoms with Crippen LogP contribution in [0, 0.1) is 5.92 Å². The molecule has 220 valence electrons. The molecule has 3 rings (SSSR count). The molecule has 0 unspecified atom stereocenters. The molecule has 1 aliphatic rings. The van der Waals surface area contributed by atoms with Crippen LogP contribution in [0.1, 0.15) is 74.1 Å². The predicted molar refractivity (Wildman–Crippen MR) is 150 cm³/mol. The van der Waals surface area contributed by atoms with Crippen molar-refractivity contribution in [2.45, 2.75) is 69.9 Å². The van der Waals surface area contributed by atoms with Gasteiger partial charge in [0.1, 0.15) is 11.8 Å². The lowest BCUT2D eigenvalue weighted by molar-refractivity contribution is -0.128. The maximum Gasteiger partial charge on any atom is 0.345 e. The lowest BCUT2D eigenvalue weighted by Gasteiger charge is -2.23. The molecule has 2 aromatic carbocycles. The van der Waals surface area contributed by atoms with E-state index in [1.54, 1.807) is 0 Å². The highest BCUT2D eigenvalue weighted by molar-refractivity contribution is 7.70. The molecule has 0 bridgehead atoms. The Morgan fingerprint density at radius 1 is 0.875 bits per heavy atom. The molecule has 2 amide bonds. The molecule has 6 N–H and O–H groups in total. The first-order valence-electron chi connectivity index (χ1n) is 13.2. The van der Waals surface area contributed by atoms with E-state index in [1.807, 2.05) is 31.2 Å². The number of hydrogen-bond donors (Lipinski definition) is 6. The number of carbonyl (C=O) groups excluding carboxylic acids is 2. The zero-order valence-electron chi connectivity index (χ0n) is 22.6. The molecule has 11 nitrogen and oxygen atoms in total. The van der Waals surface area contributed by atoms with E-state index in [1.165, 1.54) is 63.3 Å². The molecule has 2 aromatic rings. The van der Waals surface area contributed by atoms with E-state index in [0.717, 1.165) is 11.3 Å². The van der Waals surface area contributed by atoms with Crippen LogP contribution in [-0.2, 0) is 25.1 Å². The van der Waals surface area contributed by atoms with E-state index < -0.39 is 38.4 Å². The van der Waals surface area contributed by atoms with Crippen LogP contribution in [0.15, 0.2) is 48.5 Å². The van der Waals surface area contributed by atoms with Gasteiger partial charge in [-0.05, 0) is 54.5 Å². The molecule has 1 fully saturated rings. The molecular formula is C27H38N2O9P2. The van der Waals surface area contributed by atoms with Gasteiger partial charge < -0.3 is 34.9 Å². The van der Waals surface area contributed by atoms with Crippen LogP contribution in [-0.4, -0.2) is 44.0 Å². The summed E-state index contributed by atoms with van der Waals surface area (Å²) >= 11 is 0. The summed E-state index contributed by atoms with van der Waals surface area (Å²) in [5.41, 5.74) is 1.14. The molecule has 1 aliphatic carbocycles. The van der Waals surface area contributed by atoms with Crippen molar-refractivity contribution in [2.24, 2.45) is 5.92 Å². The van der Waals surface area contributed by atoms with Crippen molar-refractivity contribution in [2.75, 3.05) is 6.61 Å². The first kappa shape index (κ1) is 32.0. The first-order chi connectivity index (χ1) is 18.7. The number of benzene rings is 2. The fraction of sp³-hybridized carbons (Fsp3) is 0.481. The summed E-state index contributed by atoms with van der Waals surface area (Å²) in [7, 11) is -10.3. The third-order valence-electron chi connectivity index (χ3n) is 7.00. The van der Waals surface area contributed by atoms with Gasteiger partial charge in [-0.3, -0.25) is 18.7 Å². The largest absolute Gasteiger partial charge is 0.493 e. The van der Waals surface area contributed by atoms with E-state index in [2.05, 4.69) is 10.6 Å². The summed E-state index contributed by atoms with van der Waals surface area (Å²) in [5, 5.41) is 3.22. The molecule has 13 heteroatoms. The number of ether oxygens (including phenoxy) is 1. The number of amides is 2. The van der Waals surface area contributed by atoms with Crippen molar-refractivity contribution >= 4 is 27.0 Å². The van der Waals surface area contributed by atoms with E-state index in [9.17, 15) is 38.3 Å². The normalized spacial score (nSPS) is 16.3. The Balaban J connectivity index is 1.63. The zero-order valence-corrected chi connectivity index (χ0v) is 24.4. The SMILES string of the molecule is CC(=O)N[C@@H](Cc1ccc(C(P(=O)(O)O)P(=O)(O)O)cc1)C(=O)N[C@@H](C)c1ccc(OCC2CCCCC2)cc1. The van der Waals surface area contributed by atoms with Gasteiger partial charge in [0.2, 0.25) is 11.8 Å². The number of carbonyl (C=O) groups is 2. The van der Waals surface area contributed by atoms with Gasteiger partial charge >= 0.3 is 15.2 Å². The standard InChI is InChI=1S/C27H38N2O9P2/c1-18(22-12-14-24(15-13-22)38-17-21-6-4-3-5-7-21)28-26(31)25(29-19(2)30)16-20-8-10-23(11-9-20)27(39(32,33)34)40(35,36)37/h8-15,18,21,25,27H,3-7,16-17H2,1-2H3,(H,28,31)(H,29,30)(H2,32,33,34)(H2,35,36,37)/t18-,25-/m0/s1. The Labute approximate surface area is 234 Å². The molecule has 0 spiro atoms. The van der Waals surface area contributed by atoms with Gasteiger partial charge in [0.05, 0.1) is 12.6 Å². The molecule has 0 radical (unpaired) electrons. The highest BCUT2D eigenvalue weighted by Crippen LogP contribution is 2.69. The fourth-order valence-electron chi connectivity index (χ4n) is 4.92. The Hall–Kier alpha value is -2.52. The van der Waals surface area contributed by atoms with Gasteiger partial charge in [0.25, 0.3) is 0 Å². The summed E-state index contributed by atoms with van der Waals surface area (Å²) in [6.45, 7) is 3.80. The van der Waals surface area contributed by atoms with Crippen molar-refractivity contribution in [3.8, 4) is 5.75 Å². The van der Waals surface area contributed by atoms with E-state index in [4.69, 9.17) is 4.74 Å². The van der Waals surface area contributed by atoms with Crippen LogP contribution in [0.4, 0.5) is 0 Å². The summed E-state index contributed by atoms with van der Waals surface area (Å²) in [5.74, 6) is 0.499. The minimum absolute atomic E-state index is 0.0445. The van der Waals surface area contributed by atoms with Crippen LogP contribution in [0.3, 0.4) is 0 Å². The lowest BCUT2D eigenvalue weighted by atomic mass is 9.90. The Bertz CT molecular complexity index is 1210. The quantitative estimate of drug-likeness (QED) is 0.198. The van der Waals surface area contributed by atoms with Gasteiger partial charge in [0.15, 0.2) is 5.40 Å². The summed E-state index contributed by atoms with van der Waals surface area (Å²) < 4.78 is 29.3. The highest BCUT2D eigenvalue weighted by Gasteiger charge is 2.44. The molecule has 2 atom stereocenters. The first-order valence-corrected chi connectivity index (χ1v) is 16.6. The minimum atomic E-state index is -5.15. The summed E-state index contributed by atoms with van der Waals surface area (Å²) in [4.78, 5) is 62.7. The molecule has 0 aromatic heterocycles. The Morgan fingerprint density at radius 3 is 1.95 bits per heavy atom. The number of nitrogens with one attached hydrogen (secondary N) is 2. The molecular weight excluding hydrogens is 558 g/mol. The Morgan fingerprint density at radius 2 is 1.43 bits per heavy atom. The van der Waals surface area contributed by atoms with Crippen LogP contribution in [0.25, 0.3) is 0 Å². The minimum Gasteiger partial charge on any atom is -0.493 e. The maximum atomic E-state index is 13.1. The van der Waals surface area contributed by atoms with Crippen molar-refractivity contribution in [3.63, 3.8) is 0 Å². The van der Waals surface area contributed by atoms with Crippen molar-refractivity contribution < 1.29 is 43.0 Å². The maximum absolute atomic E-state index is 13.1. The molecule has 40 heavy (non-hydrogen) atoms. The van der Waals surface area contributed by atoms with Crippen LogP contribution >= 0.6 is 15.2 Å². The zero-order chi connectivity index (χ0) is 29.5. The number of rotatable bonds is 12. The second-order valence-electron chi connectivity index (χ2n) is 10.4. The smallest absolute Gasteiger partial charge is 0.345 e. The van der Waals surface area contributed by atoms with Gasteiger partial charge in [-0.15, -0.1) is 0 Å². The van der Waals surface area contributed by atoms with Crippen molar-refractivity contribution in [3.05, 3.63) is 65.2 Å². The lowest BCUT2D eigenvalue weighted by Crippen LogP contribution is -2.47. The van der Waals surface area contributed by atoms with Crippen LogP contribution in [0.2, 0.25) is 0 Å². The van der Waals surface area contributed by atoms with Gasteiger partial charge in [-0.25, -0.2) is 0 Å². The predicted octanol–water partition coefficient (Wildman–Crippen LogP) is 3.92. The number of hydrogen-bond acceptors (Lipinski definition) is 5. The highest BCUT2D eigenvalue weighted by atomic mass is 31.2. The average molecular weight is 597 g/mol. The third kappa shape index (κ3) is 9.54. The molecule has 0 saturated heterocycles. The molecule has 0 aliphatic heterocycles. The molecule has 0 heterocycles. The van der Waals surface area contributed by atoms with Gasteiger partial charge in [0, 0.05) is 13.3 Å². The van der Waals surface area contributed by atoms with Crippen LogP contribution in [0.5, 0.6) is 5.75 Å². The van der Waals surface area contributed by atoms with Gasteiger partial charge in [-0.2, -0.15) is 0 Å². The molecule has 1 saturated carbocycles. The van der Waals surface area contributed by atoms with E-state index in [-0.39, 0.29) is 18.0 Å². The van der Waals surface area contributed by atoms with E-state index >= 15 is 0 Å². The van der Waals surface area contributed by atoms with Crippen LogP contribution < -0.4 is 15.4 Å². The Kier molecular flexibility index (Phi) is 11.1. The van der Waals surface area contributed by atoms with Gasteiger partial charge in [-0.1, -0.05) is 55.7 Å². The second kappa shape index (κ2) is 13.9. The van der Waals surface area contributed by atoms with Crippen molar-refractivity contribution in [1.82, 2.24) is 10.6 Å². The topological polar surface area (TPSA) is 182 Å². The van der Waals surface area contributed by atoms with E-state index in [0.29, 0.717) is 18.1 Å². The third-order valence-corrected chi connectivity index (χ3v) is 10.7. The fourth-order valence-corrected chi connectivity index (χ4v) is 7.61. The summed E-state index contributed by atoms with van der Waals surface area (Å²) in [6.07, 6.45) is 6.24. The van der Waals surface area contributed by atoms with Crippen molar-refractivity contribution in [1.29, 1.82) is 0 Å². The average Bonchev–Trinajstić information content (AvgIpc) is 2.87. The monoisotopic (exact) mass is 596 g/mol. The second-order valence-corrected chi connectivity index (χ2v) is 14.2. The summed E-state index contributed by atoms with van der Waals surface area (Å²) in [6, 6.07) is 11.4.